The first-order valence-electron chi connectivity index (χ1n) is 7.21. The quantitative estimate of drug-likeness (QED) is 0.813. The molecule has 1 aromatic rings. The fourth-order valence-electron chi connectivity index (χ4n) is 2.67. The van der Waals surface area contributed by atoms with E-state index in [9.17, 15) is 0 Å². The number of nitrogens with one attached hydrogen (secondary N) is 1. The third-order valence-corrected chi connectivity index (χ3v) is 5.15. The molecular formula is C14H21ClN4S. The number of hydrogen-bond donors (Lipinski definition) is 1. The van der Waals surface area contributed by atoms with Gasteiger partial charge in [-0.3, -0.25) is 0 Å². The molecule has 0 bridgehead atoms. The Labute approximate surface area is 129 Å². The predicted molar refractivity (Wildman–Crippen MR) is 84.4 cm³/mol. The molecule has 1 saturated carbocycles. The van der Waals surface area contributed by atoms with Gasteiger partial charge in [0, 0.05) is 12.6 Å². The number of hydrogen-bond acceptors (Lipinski definition) is 5. The van der Waals surface area contributed by atoms with E-state index in [0.717, 1.165) is 30.7 Å². The van der Waals surface area contributed by atoms with Gasteiger partial charge in [-0.25, -0.2) is 4.98 Å². The molecule has 0 amide bonds. The SMILES string of the molecule is CN(CCCNc1nc(Cl)c(C#N)s1)C1CCCCC1. The van der Waals surface area contributed by atoms with Crippen molar-refractivity contribution in [3.05, 3.63) is 10.0 Å². The maximum absolute atomic E-state index is 8.82. The van der Waals surface area contributed by atoms with Gasteiger partial charge in [0.1, 0.15) is 10.9 Å². The monoisotopic (exact) mass is 312 g/mol. The van der Waals surface area contributed by atoms with E-state index in [0.29, 0.717) is 10.0 Å². The van der Waals surface area contributed by atoms with Gasteiger partial charge in [0.15, 0.2) is 10.3 Å². The standard InChI is InChI=1S/C14H21ClN4S/c1-19(11-6-3-2-4-7-11)9-5-8-17-14-18-13(15)12(10-16)20-14/h11H,2-9H2,1H3,(H,17,18). The highest BCUT2D eigenvalue weighted by atomic mass is 35.5. The largest absolute Gasteiger partial charge is 0.361 e. The molecule has 2 rings (SSSR count). The molecule has 1 N–H and O–H groups in total. The molecule has 0 atom stereocenters. The van der Waals surface area contributed by atoms with Crippen LogP contribution in [0.15, 0.2) is 0 Å². The van der Waals surface area contributed by atoms with Gasteiger partial charge in [0.05, 0.1) is 0 Å². The number of nitrogens with zero attached hydrogens (tertiary/aromatic N) is 3. The van der Waals surface area contributed by atoms with Crippen LogP contribution in [-0.2, 0) is 0 Å². The lowest BCUT2D eigenvalue weighted by Crippen LogP contribution is -2.34. The lowest BCUT2D eigenvalue weighted by molar-refractivity contribution is 0.191. The van der Waals surface area contributed by atoms with Crippen LogP contribution in [0.1, 0.15) is 43.4 Å². The van der Waals surface area contributed by atoms with Crippen LogP contribution < -0.4 is 5.32 Å². The maximum atomic E-state index is 8.82. The second kappa shape index (κ2) is 7.82. The number of nitriles is 1. The zero-order valence-corrected chi connectivity index (χ0v) is 13.4. The molecule has 0 spiro atoms. The van der Waals surface area contributed by atoms with E-state index in [4.69, 9.17) is 16.9 Å². The Kier molecular flexibility index (Phi) is 6.08. The highest BCUT2D eigenvalue weighted by Crippen LogP contribution is 2.26. The summed E-state index contributed by atoms with van der Waals surface area (Å²) in [7, 11) is 2.23. The molecule has 0 radical (unpaired) electrons. The number of rotatable bonds is 6. The van der Waals surface area contributed by atoms with Crippen molar-refractivity contribution < 1.29 is 0 Å². The number of thiazole rings is 1. The van der Waals surface area contributed by atoms with E-state index < -0.39 is 0 Å². The van der Waals surface area contributed by atoms with Crippen LogP contribution >= 0.6 is 22.9 Å². The Bertz CT molecular complexity index is 462. The maximum Gasteiger partial charge on any atom is 0.185 e. The topological polar surface area (TPSA) is 52.0 Å². The zero-order valence-electron chi connectivity index (χ0n) is 11.9. The first kappa shape index (κ1) is 15.6. The molecular weight excluding hydrogens is 292 g/mol. The molecule has 1 fully saturated rings. The lowest BCUT2D eigenvalue weighted by Gasteiger charge is -2.31. The zero-order chi connectivity index (χ0) is 14.4. The van der Waals surface area contributed by atoms with E-state index in [1.165, 1.54) is 43.4 Å². The average molecular weight is 313 g/mol. The Morgan fingerprint density at radius 2 is 2.20 bits per heavy atom. The molecule has 6 heteroatoms. The van der Waals surface area contributed by atoms with Crippen LogP contribution in [0.4, 0.5) is 5.13 Å². The van der Waals surface area contributed by atoms with Gasteiger partial charge in [-0.05, 0) is 32.9 Å². The average Bonchev–Trinajstić information content (AvgIpc) is 2.84. The van der Waals surface area contributed by atoms with E-state index in [1.807, 2.05) is 6.07 Å². The molecule has 0 unspecified atom stereocenters. The molecule has 0 saturated heterocycles. The van der Waals surface area contributed by atoms with Crippen molar-refractivity contribution in [3.8, 4) is 6.07 Å². The van der Waals surface area contributed by atoms with Crippen LogP contribution in [0.25, 0.3) is 0 Å². The second-order valence-corrected chi connectivity index (χ2v) is 6.66. The van der Waals surface area contributed by atoms with Crippen molar-refractivity contribution in [2.45, 2.75) is 44.6 Å². The Morgan fingerprint density at radius 3 is 2.85 bits per heavy atom. The summed E-state index contributed by atoms with van der Waals surface area (Å²) in [5, 5.41) is 13.1. The number of anilines is 1. The molecule has 1 aliphatic rings. The Balaban J connectivity index is 1.66. The van der Waals surface area contributed by atoms with Crippen LogP contribution in [0.3, 0.4) is 0 Å². The van der Waals surface area contributed by atoms with Gasteiger partial charge in [-0.1, -0.05) is 42.2 Å². The molecule has 0 aromatic carbocycles. The van der Waals surface area contributed by atoms with Crippen molar-refractivity contribution >= 4 is 28.1 Å². The molecule has 110 valence electrons. The summed E-state index contributed by atoms with van der Waals surface area (Å²) in [6.45, 7) is 1.97. The van der Waals surface area contributed by atoms with Crippen LogP contribution in [-0.4, -0.2) is 36.1 Å². The van der Waals surface area contributed by atoms with E-state index >= 15 is 0 Å². The number of aromatic nitrogens is 1. The fourth-order valence-corrected chi connectivity index (χ4v) is 3.65. The summed E-state index contributed by atoms with van der Waals surface area (Å²) in [6.07, 6.45) is 7.92. The molecule has 20 heavy (non-hydrogen) atoms. The first-order chi connectivity index (χ1) is 9.70. The third-order valence-electron chi connectivity index (χ3n) is 3.85. The fraction of sp³-hybridized carbons (Fsp3) is 0.714. The molecule has 4 nitrogen and oxygen atoms in total. The van der Waals surface area contributed by atoms with Gasteiger partial charge in [0.2, 0.25) is 0 Å². The van der Waals surface area contributed by atoms with E-state index in [1.54, 1.807) is 0 Å². The van der Waals surface area contributed by atoms with Gasteiger partial charge < -0.3 is 10.2 Å². The molecule has 1 aromatic heterocycles. The van der Waals surface area contributed by atoms with Crippen molar-refractivity contribution in [1.82, 2.24) is 9.88 Å². The molecule has 1 heterocycles. The van der Waals surface area contributed by atoms with Gasteiger partial charge in [-0.15, -0.1) is 0 Å². The number of halogens is 1. The van der Waals surface area contributed by atoms with Crippen LogP contribution in [0.5, 0.6) is 0 Å². The van der Waals surface area contributed by atoms with Crippen molar-refractivity contribution in [2.75, 3.05) is 25.5 Å². The van der Waals surface area contributed by atoms with Crippen LogP contribution in [0.2, 0.25) is 5.15 Å². The predicted octanol–water partition coefficient (Wildman–Crippen LogP) is 3.73. The highest BCUT2D eigenvalue weighted by Gasteiger charge is 2.17. The van der Waals surface area contributed by atoms with Crippen molar-refractivity contribution in [2.24, 2.45) is 0 Å². The Hall–Kier alpha value is -0.830. The van der Waals surface area contributed by atoms with Crippen molar-refractivity contribution in [1.29, 1.82) is 5.26 Å². The second-order valence-electron chi connectivity index (χ2n) is 5.30. The van der Waals surface area contributed by atoms with Gasteiger partial charge in [0.25, 0.3) is 0 Å². The van der Waals surface area contributed by atoms with Gasteiger partial charge >= 0.3 is 0 Å². The molecule has 1 aliphatic carbocycles. The van der Waals surface area contributed by atoms with E-state index in [-0.39, 0.29) is 0 Å². The third kappa shape index (κ3) is 4.34. The van der Waals surface area contributed by atoms with Gasteiger partial charge in [-0.2, -0.15) is 5.26 Å². The lowest BCUT2D eigenvalue weighted by atomic mass is 9.94. The summed E-state index contributed by atoms with van der Waals surface area (Å²) >= 11 is 7.16. The summed E-state index contributed by atoms with van der Waals surface area (Å²) in [5.41, 5.74) is 0. The minimum atomic E-state index is 0.305. The summed E-state index contributed by atoms with van der Waals surface area (Å²) in [4.78, 5) is 7.09. The highest BCUT2D eigenvalue weighted by molar-refractivity contribution is 7.16. The summed E-state index contributed by atoms with van der Waals surface area (Å²) < 4.78 is 0. The normalized spacial score (nSPS) is 16.3. The molecule has 0 aliphatic heterocycles. The minimum absolute atomic E-state index is 0.305. The van der Waals surface area contributed by atoms with Crippen LogP contribution in [0, 0.1) is 11.3 Å². The smallest absolute Gasteiger partial charge is 0.185 e. The Morgan fingerprint density at radius 1 is 1.45 bits per heavy atom. The minimum Gasteiger partial charge on any atom is -0.361 e. The first-order valence-corrected chi connectivity index (χ1v) is 8.40. The summed E-state index contributed by atoms with van der Waals surface area (Å²) in [5.74, 6) is 0. The van der Waals surface area contributed by atoms with E-state index in [2.05, 4.69) is 22.2 Å². The summed E-state index contributed by atoms with van der Waals surface area (Å²) in [6, 6.07) is 2.81. The van der Waals surface area contributed by atoms with Crippen molar-refractivity contribution in [3.63, 3.8) is 0 Å².